The van der Waals surface area contributed by atoms with Gasteiger partial charge in [0.25, 0.3) is 0 Å². The standard InChI is InChI=1S/C27H36N2.C20H22NO.Ni/c1-18(2)22-11-9-12-23(19(3)4)26(22)28-15-16-29(17-28)27-24(20(5)6)13-10-14-25(27)21(7)8;1-3-17(15-21-19-12-8-5-9-13-19)16(2)14-20(22)18-10-6-4-7-11-18;/h9-16,18-21H,1-8H3;4-13,15-17H,1,3,14H2,2H3;/q;-1;/t;16-,17?;/m.0./s1. The molecule has 2 atom stereocenters. The fraction of sp³-hybridized carbons (Fsp3) is 0.362. The normalized spacial score (nSPS) is 12.8. The summed E-state index contributed by atoms with van der Waals surface area (Å²) in [5.41, 5.74) is 9.63. The van der Waals surface area contributed by atoms with Gasteiger partial charge in [0.2, 0.25) is 0 Å². The van der Waals surface area contributed by atoms with Gasteiger partial charge in [-0.1, -0.05) is 55.5 Å². The summed E-state index contributed by atoms with van der Waals surface area (Å²) in [5.74, 6) is 2.34. The predicted octanol–water partition coefficient (Wildman–Crippen LogP) is 13.0. The van der Waals surface area contributed by atoms with Crippen LogP contribution in [-0.2, 0) is 15.0 Å². The first kappa shape index (κ1) is 40.7. The van der Waals surface area contributed by atoms with E-state index in [1.165, 1.54) is 33.6 Å². The van der Waals surface area contributed by atoms with Crippen LogP contribution in [-0.4, -0.2) is 21.1 Å². The minimum Gasteiger partial charge on any atom is -0.343 e. The molecule has 1 heterocycles. The number of Topliss-reactive ketones (excluding diaryl/α,β-unsaturated/α-hetero) is 1. The van der Waals surface area contributed by atoms with Gasteiger partial charge in [-0.25, -0.2) is 0 Å². The van der Waals surface area contributed by atoms with Crippen molar-refractivity contribution in [1.82, 2.24) is 9.13 Å². The summed E-state index contributed by atoms with van der Waals surface area (Å²) in [5, 5.41) is 0. The number of nitrogens with zero attached hydrogens (tertiary/aromatic N) is 3. The number of aliphatic imine (C=N–C) groups is 1. The van der Waals surface area contributed by atoms with Gasteiger partial charge in [0.15, 0.2) is 5.78 Å². The monoisotopic (exact) mass is 738 g/mol. The fourth-order valence-electron chi connectivity index (χ4n) is 6.65. The van der Waals surface area contributed by atoms with Crippen molar-refractivity contribution < 1.29 is 19.8 Å². The third-order valence-corrected chi connectivity index (χ3v) is 10.2. The van der Waals surface area contributed by atoms with Crippen LogP contribution in [0.1, 0.15) is 131 Å². The minimum absolute atomic E-state index is 0.180. The van der Waals surface area contributed by atoms with Crippen LogP contribution in [0.2, 0.25) is 0 Å². The quantitative estimate of drug-likeness (QED) is 0.0513. The molecule has 278 valence electrons. The molecule has 4 aromatic carbocycles. The number of carbonyl (C=O) groups excluding carboxylic acids is 1. The molecule has 0 amide bonds. The van der Waals surface area contributed by atoms with Gasteiger partial charge in [-0.05, 0) is 24.0 Å². The average Bonchev–Trinajstić information content (AvgIpc) is 3.52. The fourth-order valence-corrected chi connectivity index (χ4v) is 7.02. The molecule has 0 spiro atoms. The van der Waals surface area contributed by atoms with E-state index in [1.54, 1.807) is 0 Å². The summed E-state index contributed by atoms with van der Waals surface area (Å²) >= 11 is 5.72. The van der Waals surface area contributed by atoms with E-state index in [2.05, 4.69) is 132 Å². The zero-order valence-electron chi connectivity index (χ0n) is 32.6. The molecular formula is C47H58N3NiO-. The molecule has 0 N–H and O–H groups in total. The Hall–Kier alpha value is -4.08. The number of hydrogen-bond acceptors (Lipinski definition) is 2. The number of rotatable bonds is 13. The van der Waals surface area contributed by atoms with Crippen LogP contribution in [0.15, 0.2) is 114 Å². The average molecular weight is 740 g/mol. The Morgan fingerprint density at radius 2 is 1.04 bits per heavy atom. The van der Waals surface area contributed by atoms with E-state index in [4.69, 9.17) is 15.0 Å². The minimum atomic E-state index is 0.180. The van der Waals surface area contributed by atoms with E-state index >= 15 is 0 Å². The molecule has 1 unspecified atom stereocenters. The van der Waals surface area contributed by atoms with Crippen molar-refractivity contribution in [2.75, 3.05) is 0 Å². The van der Waals surface area contributed by atoms with Crippen LogP contribution in [0.3, 0.4) is 0 Å². The van der Waals surface area contributed by atoms with Gasteiger partial charge in [-0.15, -0.1) is 0 Å². The molecule has 0 bridgehead atoms. The van der Waals surface area contributed by atoms with Crippen LogP contribution in [0.4, 0.5) is 5.69 Å². The van der Waals surface area contributed by atoms with Crippen LogP contribution in [0.25, 0.3) is 11.4 Å². The van der Waals surface area contributed by atoms with Crippen molar-refractivity contribution in [3.05, 3.63) is 149 Å². The third kappa shape index (κ3) is 10.1. The van der Waals surface area contributed by atoms with Crippen LogP contribution >= 0.6 is 0 Å². The molecule has 4 nitrogen and oxygen atoms in total. The van der Waals surface area contributed by atoms with E-state index in [-0.39, 0.29) is 17.6 Å². The number of para-hydroxylation sites is 3. The van der Waals surface area contributed by atoms with Gasteiger partial charge in [-0.3, -0.25) is 9.79 Å². The van der Waals surface area contributed by atoms with Gasteiger partial charge in [-0.2, -0.15) is 6.42 Å². The second kappa shape index (κ2) is 19.1. The SMILES string of the molecule is CC(C)c1cccc(C(C)C)c1-n1ccn(-c2c(C(C)C)cccc2C(C)C)[c]1=[Ni].[CH2-]CC(C=Nc1ccccc1)[C@@H](C)CC(=O)c1ccccc1. The Kier molecular flexibility index (Phi) is 15.0. The largest absolute Gasteiger partial charge is 0.343 e. The maximum absolute atomic E-state index is 12.3. The van der Waals surface area contributed by atoms with Crippen molar-refractivity contribution in [2.24, 2.45) is 16.8 Å². The zero-order valence-corrected chi connectivity index (χ0v) is 33.6. The van der Waals surface area contributed by atoms with E-state index in [1.807, 2.05) is 66.9 Å². The molecular weight excluding hydrogens is 681 g/mol. The van der Waals surface area contributed by atoms with E-state index in [0.717, 1.165) is 22.1 Å². The molecule has 5 aromatic rings. The van der Waals surface area contributed by atoms with Crippen molar-refractivity contribution in [3.63, 3.8) is 0 Å². The summed E-state index contributed by atoms with van der Waals surface area (Å²) < 4.78 is 5.36. The molecule has 0 saturated carbocycles. The third-order valence-electron chi connectivity index (χ3n) is 9.74. The summed E-state index contributed by atoms with van der Waals surface area (Å²) in [7, 11) is 0. The Morgan fingerprint density at radius 1 is 0.635 bits per heavy atom. The second-order valence-electron chi connectivity index (χ2n) is 15.0. The molecule has 5 rings (SSSR count). The summed E-state index contributed by atoms with van der Waals surface area (Å²) in [4.78, 5) is 16.8. The predicted molar refractivity (Wildman–Crippen MR) is 217 cm³/mol. The van der Waals surface area contributed by atoms with Crippen molar-refractivity contribution >= 4 is 17.7 Å². The molecule has 0 aliphatic heterocycles. The maximum Gasteiger partial charge on any atom is 0.163 e. The Morgan fingerprint density at radius 3 is 1.42 bits per heavy atom. The first-order chi connectivity index (χ1) is 24.8. The van der Waals surface area contributed by atoms with Gasteiger partial charge in [0, 0.05) is 18.2 Å². The number of aromatic nitrogens is 2. The molecule has 0 fully saturated rings. The Balaban J connectivity index is 0.000000244. The zero-order chi connectivity index (χ0) is 37.9. The van der Waals surface area contributed by atoms with E-state index in [0.29, 0.717) is 30.1 Å². The Labute approximate surface area is 321 Å². The molecule has 1 aromatic heterocycles. The van der Waals surface area contributed by atoms with Gasteiger partial charge < -0.3 is 6.92 Å². The topological polar surface area (TPSA) is 39.3 Å². The summed E-state index contributed by atoms with van der Waals surface area (Å²) in [6, 6.07) is 32.6. The smallest absolute Gasteiger partial charge is 0.163 e. The van der Waals surface area contributed by atoms with Gasteiger partial charge in [0.05, 0.1) is 5.69 Å². The molecule has 0 aliphatic rings. The van der Waals surface area contributed by atoms with Gasteiger partial charge >= 0.3 is 190 Å². The van der Waals surface area contributed by atoms with Crippen molar-refractivity contribution in [2.45, 2.75) is 98.8 Å². The molecule has 52 heavy (non-hydrogen) atoms. The number of hydrogen-bond donors (Lipinski definition) is 0. The number of imidazole rings is 1. The van der Waals surface area contributed by atoms with Crippen LogP contribution in [0, 0.1) is 23.2 Å². The second-order valence-corrected chi connectivity index (χ2v) is 15.4. The van der Waals surface area contributed by atoms with E-state index in [9.17, 15) is 4.79 Å². The first-order valence-electron chi connectivity index (χ1n) is 18.8. The molecule has 0 saturated heterocycles. The molecule has 0 aliphatic carbocycles. The number of ketones is 1. The van der Waals surface area contributed by atoms with Gasteiger partial charge in [0.1, 0.15) is 0 Å². The number of carbonyl (C=O) groups is 1. The molecule has 0 radical (unpaired) electrons. The molecule has 5 heteroatoms. The Bertz CT molecular complexity index is 1830. The maximum atomic E-state index is 12.3. The van der Waals surface area contributed by atoms with Crippen molar-refractivity contribution in [1.29, 1.82) is 0 Å². The number of benzene rings is 4. The summed E-state index contributed by atoms with van der Waals surface area (Å²) in [6.45, 7) is 24.2. The van der Waals surface area contributed by atoms with E-state index < -0.39 is 0 Å². The van der Waals surface area contributed by atoms with Crippen LogP contribution < -0.4 is 0 Å². The summed E-state index contributed by atoms with van der Waals surface area (Å²) in [6.07, 6.45) is 7.51. The van der Waals surface area contributed by atoms with Crippen LogP contribution in [0.5, 0.6) is 0 Å². The van der Waals surface area contributed by atoms with Crippen molar-refractivity contribution in [3.8, 4) is 11.4 Å². The first-order valence-corrected chi connectivity index (χ1v) is 19.3.